The number of benzene rings is 2. The normalized spacial score (nSPS) is 12.1. The lowest BCUT2D eigenvalue weighted by atomic mass is 10.0. The molecule has 0 bridgehead atoms. The van der Waals surface area contributed by atoms with Gasteiger partial charge in [-0.05, 0) is 81.1 Å². The van der Waals surface area contributed by atoms with Gasteiger partial charge in [-0.1, -0.05) is 23.7 Å². The molecule has 0 fully saturated rings. The van der Waals surface area contributed by atoms with E-state index in [0.29, 0.717) is 24.5 Å². The van der Waals surface area contributed by atoms with Crippen LogP contribution in [0.1, 0.15) is 37.8 Å². The predicted octanol–water partition coefficient (Wildman–Crippen LogP) is 6.31. The van der Waals surface area contributed by atoms with Crippen LogP contribution in [0.2, 0.25) is 5.02 Å². The molecule has 3 rings (SSSR count). The maximum absolute atomic E-state index is 10.6. The maximum atomic E-state index is 10.6. The number of rotatable bonds is 15. The number of hydrogen-bond donors (Lipinski definition) is 3. The molecular weight excluding hydrogens is 487 g/mol. The first-order valence-corrected chi connectivity index (χ1v) is 13.5. The SMILES string of the molecule is CC(C)Oc1ccc(CCCNc2ccc(CNCCCO[PH](=O)O)cc2-c2ccoc2)cc1Cl. The molecule has 9 heteroatoms. The zero-order valence-corrected chi connectivity index (χ0v) is 21.9. The van der Waals surface area contributed by atoms with E-state index in [1.165, 1.54) is 5.56 Å². The van der Waals surface area contributed by atoms with Crippen molar-refractivity contribution < 1.29 is 23.1 Å². The molecule has 0 radical (unpaired) electrons. The summed E-state index contributed by atoms with van der Waals surface area (Å²) in [6.45, 7) is 6.45. The van der Waals surface area contributed by atoms with E-state index in [9.17, 15) is 4.57 Å². The number of halogens is 1. The molecule has 0 amide bonds. The van der Waals surface area contributed by atoms with E-state index in [4.69, 9.17) is 30.2 Å². The summed E-state index contributed by atoms with van der Waals surface area (Å²) >= 11 is 6.37. The van der Waals surface area contributed by atoms with Crippen molar-refractivity contribution >= 4 is 25.5 Å². The molecule has 1 atom stereocenters. The molecule has 3 aromatic rings. The highest BCUT2D eigenvalue weighted by atomic mass is 35.5. The zero-order chi connectivity index (χ0) is 25.0. The highest BCUT2D eigenvalue weighted by molar-refractivity contribution is 7.32. The van der Waals surface area contributed by atoms with E-state index < -0.39 is 8.25 Å². The summed E-state index contributed by atoms with van der Waals surface area (Å²) in [4.78, 5) is 8.70. The summed E-state index contributed by atoms with van der Waals surface area (Å²) in [5.74, 6) is 0.721. The molecule has 1 unspecified atom stereocenters. The third-order valence-corrected chi connectivity index (χ3v) is 6.03. The van der Waals surface area contributed by atoms with E-state index in [-0.39, 0.29) is 12.7 Å². The van der Waals surface area contributed by atoms with Gasteiger partial charge in [0.1, 0.15) is 5.75 Å². The van der Waals surface area contributed by atoms with Gasteiger partial charge in [0.05, 0.1) is 30.3 Å². The van der Waals surface area contributed by atoms with Crippen LogP contribution in [0.3, 0.4) is 0 Å². The molecule has 3 N–H and O–H groups in total. The van der Waals surface area contributed by atoms with Crippen LogP contribution >= 0.6 is 19.9 Å². The molecule has 190 valence electrons. The second-order valence-electron chi connectivity index (χ2n) is 8.50. The van der Waals surface area contributed by atoms with E-state index in [1.54, 1.807) is 12.5 Å². The van der Waals surface area contributed by atoms with Crippen LogP contribution in [0, 0.1) is 0 Å². The highest BCUT2D eigenvalue weighted by Gasteiger charge is 2.09. The van der Waals surface area contributed by atoms with Crippen molar-refractivity contribution in [2.75, 3.05) is 25.0 Å². The van der Waals surface area contributed by atoms with Gasteiger partial charge in [-0.2, -0.15) is 0 Å². The first-order valence-electron chi connectivity index (χ1n) is 11.8. The molecule has 0 saturated heterocycles. The number of anilines is 1. The molecule has 1 aromatic heterocycles. The third-order valence-electron chi connectivity index (χ3n) is 5.29. The topological polar surface area (TPSA) is 93.0 Å². The van der Waals surface area contributed by atoms with Crippen LogP contribution in [0.25, 0.3) is 11.1 Å². The van der Waals surface area contributed by atoms with Gasteiger partial charge in [0.2, 0.25) is 0 Å². The van der Waals surface area contributed by atoms with Crippen molar-refractivity contribution in [3.8, 4) is 16.9 Å². The molecule has 2 aromatic carbocycles. The molecule has 1 heterocycles. The van der Waals surface area contributed by atoms with Crippen LogP contribution in [0.4, 0.5) is 5.69 Å². The summed E-state index contributed by atoms with van der Waals surface area (Å²) in [5.41, 5.74) is 5.47. The molecule has 0 saturated carbocycles. The first-order chi connectivity index (χ1) is 16.9. The van der Waals surface area contributed by atoms with Crippen LogP contribution in [-0.2, 0) is 22.1 Å². The Balaban J connectivity index is 1.53. The van der Waals surface area contributed by atoms with Crippen LogP contribution < -0.4 is 15.4 Å². The van der Waals surface area contributed by atoms with Crippen LogP contribution in [0.15, 0.2) is 59.4 Å². The number of hydrogen-bond acceptors (Lipinski definition) is 6. The minimum atomic E-state index is -2.85. The molecule has 7 nitrogen and oxygen atoms in total. The number of furan rings is 1. The molecular formula is C26H34ClN2O5P. The largest absolute Gasteiger partial charge is 0.489 e. The Kier molecular flexibility index (Phi) is 11.2. The quantitative estimate of drug-likeness (QED) is 0.160. The van der Waals surface area contributed by atoms with Gasteiger partial charge in [0.25, 0.3) is 0 Å². The number of aryl methyl sites for hydroxylation is 1. The van der Waals surface area contributed by atoms with Crippen molar-refractivity contribution in [3.63, 3.8) is 0 Å². The highest BCUT2D eigenvalue weighted by Crippen LogP contribution is 2.30. The molecule has 35 heavy (non-hydrogen) atoms. The van der Waals surface area contributed by atoms with E-state index >= 15 is 0 Å². The Morgan fingerprint density at radius 3 is 2.63 bits per heavy atom. The van der Waals surface area contributed by atoms with Crippen LogP contribution in [-0.4, -0.2) is 30.7 Å². The van der Waals surface area contributed by atoms with Crippen molar-refractivity contribution in [1.29, 1.82) is 0 Å². The van der Waals surface area contributed by atoms with E-state index in [0.717, 1.165) is 47.5 Å². The fourth-order valence-electron chi connectivity index (χ4n) is 3.67. The van der Waals surface area contributed by atoms with Crippen LogP contribution in [0.5, 0.6) is 5.75 Å². The van der Waals surface area contributed by atoms with Gasteiger partial charge in [0.15, 0.2) is 0 Å². The minimum absolute atomic E-state index is 0.0920. The van der Waals surface area contributed by atoms with E-state index in [1.807, 2.05) is 32.0 Å². The average molecular weight is 521 g/mol. The van der Waals surface area contributed by atoms with Crippen molar-refractivity contribution in [2.24, 2.45) is 0 Å². The Morgan fingerprint density at radius 2 is 1.91 bits per heavy atom. The number of ether oxygens (including phenoxy) is 1. The number of nitrogens with one attached hydrogen (secondary N) is 2. The van der Waals surface area contributed by atoms with Gasteiger partial charge < -0.3 is 29.2 Å². The summed E-state index contributed by atoms with van der Waals surface area (Å²) in [5, 5.41) is 7.55. The molecule has 0 aliphatic carbocycles. The smallest absolute Gasteiger partial charge is 0.316 e. The van der Waals surface area contributed by atoms with Gasteiger partial charge in [-0.25, -0.2) is 0 Å². The summed E-state index contributed by atoms with van der Waals surface area (Å²) < 4.78 is 26.3. The van der Waals surface area contributed by atoms with E-state index in [2.05, 4.69) is 34.9 Å². The lowest BCUT2D eigenvalue weighted by Gasteiger charge is -2.14. The molecule has 0 aliphatic rings. The first kappa shape index (κ1) is 27.3. The summed E-state index contributed by atoms with van der Waals surface area (Å²) in [6, 6.07) is 14.3. The molecule has 0 aliphatic heterocycles. The maximum Gasteiger partial charge on any atom is 0.316 e. The van der Waals surface area contributed by atoms with Gasteiger partial charge in [0, 0.05) is 29.9 Å². The fraction of sp³-hybridized carbons (Fsp3) is 0.385. The average Bonchev–Trinajstić information content (AvgIpc) is 3.35. The molecule has 0 spiro atoms. The Labute approximate surface area is 212 Å². The Bertz CT molecular complexity index is 1080. The zero-order valence-electron chi connectivity index (χ0n) is 20.2. The lowest BCUT2D eigenvalue weighted by Crippen LogP contribution is -2.16. The lowest BCUT2D eigenvalue weighted by molar-refractivity contribution is 0.242. The summed E-state index contributed by atoms with van der Waals surface area (Å²) in [7, 11) is -2.85. The second kappa shape index (κ2) is 14.3. The van der Waals surface area contributed by atoms with Gasteiger partial charge in [-0.3, -0.25) is 4.57 Å². The van der Waals surface area contributed by atoms with Gasteiger partial charge >= 0.3 is 8.25 Å². The van der Waals surface area contributed by atoms with Gasteiger partial charge in [-0.15, -0.1) is 0 Å². The third kappa shape index (κ3) is 9.36. The van der Waals surface area contributed by atoms with Crippen molar-refractivity contribution in [2.45, 2.75) is 45.8 Å². The Hall–Kier alpha value is -2.28. The second-order valence-corrected chi connectivity index (χ2v) is 9.73. The minimum Gasteiger partial charge on any atom is -0.489 e. The van der Waals surface area contributed by atoms with Crippen molar-refractivity contribution in [3.05, 3.63) is 71.1 Å². The monoisotopic (exact) mass is 520 g/mol. The fourth-order valence-corrected chi connectivity index (χ4v) is 4.23. The standard InChI is InChI=1S/C26H34ClN2O5P/c1-19(2)34-26-9-7-20(16-24(26)27)5-3-12-29-25-8-6-21(15-23(25)22-10-14-32-18-22)17-28-11-4-13-33-35(30)31/h6-10,14-16,18-19,28-29,35H,3-5,11-13,17H2,1-2H3,(H,30,31). The van der Waals surface area contributed by atoms with Crippen molar-refractivity contribution in [1.82, 2.24) is 5.32 Å². The summed E-state index contributed by atoms with van der Waals surface area (Å²) in [6.07, 6.45) is 6.05. The predicted molar refractivity (Wildman–Crippen MR) is 142 cm³/mol. The Morgan fingerprint density at radius 1 is 1.09 bits per heavy atom.